The fraction of sp³-hybridized carbons (Fsp3) is 0.471. The summed E-state index contributed by atoms with van der Waals surface area (Å²) in [5.74, 6) is 0.313. The SMILES string of the molecule is CCCCCCCC1(c2ccc(O)cc2)C=CC=N1. The average Bonchev–Trinajstić information content (AvgIpc) is 2.89. The van der Waals surface area contributed by atoms with Gasteiger partial charge in [-0.05, 0) is 30.2 Å². The molecule has 0 fully saturated rings. The van der Waals surface area contributed by atoms with Crippen molar-refractivity contribution in [2.75, 3.05) is 0 Å². The molecule has 0 saturated heterocycles. The van der Waals surface area contributed by atoms with Crippen LogP contribution in [0.4, 0.5) is 0 Å². The van der Waals surface area contributed by atoms with Crippen LogP contribution in [0.3, 0.4) is 0 Å². The lowest BCUT2D eigenvalue weighted by molar-refractivity contribution is 0.466. The Morgan fingerprint density at radius 2 is 1.79 bits per heavy atom. The first-order valence-corrected chi connectivity index (χ1v) is 7.29. The smallest absolute Gasteiger partial charge is 0.115 e. The Balaban J connectivity index is 2.00. The number of nitrogens with zero attached hydrogens (tertiary/aromatic N) is 1. The molecule has 0 amide bonds. The van der Waals surface area contributed by atoms with E-state index in [0.717, 1.165) is 6.42 Å². The minimum Gasteiger partial charge on any atom is -0.508 e. The molecule has 2 nitrogen and oxygen atoms in total. The summed E-state index contributed by atoms with van der Waals surface area (Å²) in [6, 6.07) is 7.45. The summed E-state index contributed by atoms with van der Waals surface area (Å²) < 4.78 is 0. The predicted molar refractivity (Wildman–Crippen MR) is 80.8 cm³/mol. The summed E-state index contributed by atoms with van der Waals surface area (Å²) in [4.78, 5) is 4.67. The van der Waals surface area contributed by atoms with Crippen LogP contribution < -0.4 is 0 Å². The van der Waals surface area contributed by atoms with Gasteiger partial charge in [0.15, 0.2) is 0 Å². The molecule has 0 saturated carbocycles. The molecule has 0 bridgehead atoms. The first-order chi connectivity index (χ1) is 9.27. The maximum Gasteiger partial charge on any atom is 0.115 e. The lowest BCUT2D eigenvalue weighted by Crippen LogP contribution is -2.18. The van der Waals surface area contributed by atoms with Gasteiger partial charge in [0, 0.05) is 6.21 Å². The van der Waals surface area contributed by atoms with Crippen molar-refractivity contribution in [3.8, 4) is 5.75 Å². The molecule has 1 aromatic rings. The zero-order valence-corrected chi connectivity index (χ0v) is 11.7. The molecule has 2 rings (SSSR count). The minimum absolute atomic E-state index is 0.195. The van der Waals surface area contributed by atoms with Crippen LogP contribution in [0.5, 0.6) is 5.75 Å². The number of benzene rings is 1. The van der Waals surface area contributed by atoms with E-state index in [9.17, 15) is 5.11 Å². The van der Waals surface area contributed by atoms with E-state index in [1.807, 2.05) is 24.4 Å². The molecule has 1 atom stereocenters. The third kappa shape index (κ3) is 3.46. The second kappa shape index (κ2) is 6.55. The number of hydrogen-bond acceptors (Lipinski definition) is 2. The van der Waals surface area contributed by atoms with Crippen molar-refractivity contribution in [1.29, 1.82) is 0 Å². The average molecular weight is 257 g/mol. The molecule has 0 aromatic heterocycles. The van der Waals surface area contributed by atoms with Gasteiger partial charge >= 0.3 is 0 Å². The molecule has 0 radical (unpaired) electrons. The van der Waals surface area contributed by atoms with E-state index in [0.29, 0.717) is 5.75 Å². The number of phenolic OH excluding ortho intramolecular Hbond substituents is 1. The molecule has 2 heteroatoms. The van der Waals surface area contributed by atoms with Crippen LogP contribution in [0.25, 0.3) is 0 Å². The van der Waals surface area contributed by atoms with Gasteiger partial charge in [-0.3, -0.25) is 4.99 Å². The number of rotatable bonds is 7. The van der Waals surface area contributed by atoms with Crippen LogP contribution >= 0.6 is 0 Å². The molecule has 1 aliphatic heterocycles. The normalized spacial score (nSPS) is 21.1. The van der Waals surface area contributed by atoms with Crippen molar-refractivity contribution in [3.05, 3.63) is 42.0 Å². The minimum atomic E-state index is -0.195. The van der Waals surface area contributed by atoms with Crippen molar-refractivity contribution < 1.29 is 5.11 Å². The van der Waals surface area contributed by atoms with Crippen LogP contribution in [0.1, 0.15) is 51.0 Å². The number of phenols is 1. The highest BCUT2D eigenvalue weighted by molar-refractivity contribution is 5.75. The van der Waals surface area contributed by atoms with E-state index in [2.05, 4.69) is 18.0 Å². The van der Waals surface area contributed by atoms with E-state index in [4.69, 9.17) is 0 Å². The Morgan fingerprint density at radius 3 is 2.42 bits per heavy atom. The summed E-state index contributed by atoms with van der Waals surface area (Å²) in [5.41, 5.74) is 0.978. The molecule has 0 spiro atoms. The van der Waals surface area contributed by atoms with Gasteiger partial charge in [0.2, 0.25) is 0 Å². The van der Waals surface area contributed by atoms with E-state index >= 15 is 0 Å². The zero-order valence-electron chi connectivity index (χ0n) is 11.7. The first-order valence-electron chi connectivity index (χ1n) is 7.29. The Labute approximate surface area is 115 Å². The molecule has 1 aliphatic rings. The number of aliphatic imine (C=N–C) groups is 1. The Kier molecular flexibility index (Phi) is 4.78. The van der Waals surface area contributed by atoms with Crippen LogP contribution in [0.15, 0.2) is 41.4 Å². The molecule has 1 N–H and O–H groups in total. The van der Waals surface area contributed by atoms with Crippen LogP contribution in [-0.2, 0) is 5.54 Å². The lowest BCUT2D eigenvalue weighted by atomic mass is 9.85. The van der Waals surface area contributed by atoms with Crippen LogP contribution in [0, 0.1) is 0 Å². The lowest BCUT2D eigenvalue weighted by Gasteiger charge is -2.25. The second-order valence-corrected chi connectivity index (χ2v) is 5.27. The maximum atomic E-state index is 9.40. The van der Waals surface area contributed by atoms with E-state index in [1.165, 1.54) is 37.7 Å². The molecule has 0 aliphatic carbocycles. The van der Waals surface area contributed by atoms with Gasteiger partial charge in [-0.15, -0.1) is 0 Å². The number of hydrogen-bond donors (Lipinski definition) is 1. The van der Waals surface area contributed by atoms with Crippen LogP contribution in [-0.4, -0.2) is 11.3 Å². The summed E-state index contributed by atoms with van der Waals surface area (Å²) in [5, 5.41) is 9.40. The van der Waals surface area contributed by atoms with Crippen molar-refractivity contribution in [2.24, 2.45) is 4.99 Å². The Bertz CT molecular complexity index is 433. The van der Waals surface area contributed by atoms with Crippen molar-refractivity contribution in [1.82, 2.24) is 0 Å². The third-order valence-electron chi connectivity index (χ3n) is 3.79. The van der Waals surface area contributed by atoms with Gasteiger partial charge in [0.05, 0.1) is 0 Å². The highest BCUT2D eigenvalue weighted by Crippen LogP contribution is 2.36. The molecular weight excluding hydrogens is 234 g/mol. The van der Waals surface area contributed by atoms with E-state index in [1.54, 1.807) is 12.1 Å². The fourth-order valence-electron chi connectivity index (χ4n) is 2.63. The van der Waals surface area contributed by atoms with Gasteiger partial charge in [-0.1, -0.05) is 57.2 Å². The second-order valence-electron chi connectivity index (χ2n) is 5.27. The summed E-state index contributed by atoms with van der Waals surface area (Å²) in [6.45, 7) is 2.24. The molecule has 19 heavy (non-hydrogen) atoms. The van der Waals surface area contributed by atoms with Gasteiger partial charge in [-0.25, -0.2) is 0 Å². The van der Waals surface area contributed by atoms with Gasteiger partial charge < -0.3 is 5.11 Å². The highest BCUT2D eigenvalue weighted by Gasteiger charge is 2.29. The van der Waals surface area contributed by atoms with Crippen molar-refractivity contribution >= 4 is 6.21 Å². The van der Waals surface area contributed by atoms with Gasteiger partial charge in [-0.2, -0.15) is 0 Å². The van der Waals surface area contributed by atoms with Crippen molar-refractivity contribution in [3.63, 3.8) is 0 Å². The quantitative estimate of drug-likeness (QED) is 0.712. The highest BCUT2D eigenvalue weighted by atomic mass is 16.3. The zero-order chi connectivity index (χ0) is 13.6. The molecule has 102 valence electrons. The van der Waals surface area contributed by atoms with Gasteiger partial charge in [0.25, 0.3) is 0 Å². The van der Waals surface area contributed by atoms with Gasteiger partial charge in [0.1, 0.15) is 11.3 Å². The largest absolute Gasteiger partial charge is 0.508 e. The summed E-state index contributed by atoms with van der Waals surface area (Å²) in [6.07, 6.45) is 13.5. The maximum absolute atomic E-state index is 9.40. The molecule has 1 aromatic carbocycles. The predicted octanol–water partition coefficient (Wildman–Crippen LogP) is 4.59. The summed E-state index contributed by atoms with van der Waals surface area (Å²) >= 11 is 0. The Hall–Kier alpha value is -1.57. The van der Waals surface area contributed by atoms with E-state index in [-0.39, 0.29) is 5.54 Å². The third-order valence-corrected chi connectivity index (χ3v) is 3.79. The standard InChI is InChI=1S/C17H23NO/c1-2-3-4-5-6-12-17(13-7-14-18-17)15-8-10-16(19)11-9-15/h7-11,13-14,19H,2-6,12H2,1H3. The number of allylic oxidation sites excluding steroid dienone is 1. The van der Waals surface area contributed by atoms with Crippen molar-refractivity contribution in [2.45, 2.75) is 51.0 Å². The number of unbranched alkanes of at least 4 members (excludes halogenated alkanes) is 4. The fourth-order valence-corrected chi connectivity index (χ4v) is 2.63. The van der Waals surface area contributed by atoms with Crippen LogP contribution in [0.2, 0.25) is 0 Å². The first kappa shape index (κ1) is 13.9. The summed E-state index contributed by atoms with van der Waals surface area (Å²) in [7, 11) is 0. The molecular formula is C17H23NO. The van der Waals surface area contributed by atoms with E-state index < -0.39 is 0 Å². The topological polar surface area (TPSA) is 32.6 Å². The monoisotopic (exact) mass is 257 g/mol. The molecule has 1 unspecified atom stereocenters. The molecule has 1 heterocycles. The Morgan fingerprint density at radius 1 is 1.05 bits per heavy atom. The number of aromatic hydroxyl groups is 1.